The van der Waals surface area contributed by atoms with Gasteiger partial charge in [0, 0.05) is 38.1 Å². The number of ether oxygens (including phenoxy) is 1. The zero-order valence-electron chi connectivity index (χ0n) is 17.3. The Labute approximate surface area is 181 Å². The molecule has 31 heavy (non-hydrogen) atoms. The fourth-order valence-electron chi connectivity index (χ4n) is 3.46. The van der Waals surface area contributed by atoms with Gasteiger partial charge >= 0.3 is 6.03 Å². The average molecular weight is 415 g/mol. The Bertz CT molecular complexity index is 1010. The lowest BCUT2D eigenvalue weighted by atomic mass is 10.0. The van der Waals surface area contributed by atoms with Crippen molar-refractivity contribution in [3.63, 3.8) is 0 Å². The Morgan fingerprint density at radius 2 is 1.97 bits per heavy atom. The molecule has 2 amide bonds. The number of amides is 2. The molecule has 0 atom stereocenters. The van der Waals surface area contributed by atoms with Crippen LogP contribution in [0.3, 0.4) is 0 Å². The number of carbonyl (C=O) groups excluding carboxylic acids is 1. The molecule has 3 heterocycles. The summed E-state index contributed by atoms with van der Waals surface area (Å²) in [7, 11) is 0. The van der Waals surface area contributed by atoms with Crippen LogP contribution in [0.4, 0.5) is 10.6 Å². The second-order valence-electron chi connectivity index (χ2n) is 7.36. The molecule has 158 valence electrons. The van der Waals surface area contributed by atoms with E-state index in [2.05, 4.69) is 44.8 Å². The fraction of sp³-hybridized carbons (Fsp3) is 0.250. The second-order valence-corrected chi connectivity index (χ2v) is 7.36. The first-order chi connectivity index (χ1) is 15.3. The smallest absolute Gasteiger partial charge is 0.323 e. The van der Waals surface area contributed by atoms with E-state index in [0.29, 0.717) is 25.5 Å². The van der Waals surface area contributed by atoms with E-state index in [1.165, 1.54) is 5.57 Å². The number of nitrogens with zero attached hydrogens (tertiary/aromatic N) is 4. The van der Waals surface area contributed by atoms with Crippen LogP contribution in [0, 0.1) is 0 Å². The second kappa shape index (κ2) is 10.3. The number of pyridine rings is 1. The summed E-state index contributed by atoms with van der Waals surface area (Å²) in [6.07, 6.45) is 9.94. The lowest BCUT2D eigenvalue weighted by Gasteiger charge is -2.28. The van der Waals surface area contributed by atoms with Gasteiger partial charge in [-0.05, 0) is 54.3 Å². The number of nitrogens with one attached hydrogen (secondary N) is 1. The number of hydrogen-bond acceptors (Lipinski definition) is 5. The Balaban J connectivity index is 1.27. The maximum absolute atomic E-state index is 12.4. The normalized spacial score (nSPS) is 13.5. The zero-order chi connectivity index (χ0) is 21.3. The quantitative estimate of drug-likeness (QED) is 0.652. The predicted octanol–water partition coefficient (Wildman–Crippen LogP) is 4.20. The van der Waals surface area contributed by atoms with Crippen molar-refractivity contribution in [1.29, 1.82) is 0 Å². The van der Waals surface area contributed by atoms with Gasteiger partial charge in [0.15, 0.2) is 5.82 Å². The molecule has 1 saturated heterocycles. The van der Waals surface area contributed by atoms with Crippen molar-refractivity contribution in [2.75, 3.05) is 25.0 Å². The minimum atomic E-state index is -0.136. The summed E-state index contributed by atoms with van der Waals surface area (Å²) in [4.78, 5) is 18.3. The molecule has 1 fully saturated rings. The molecule has 1 aromatic carbocycles. The van der Waals surface area contributed by atoms with Crippen molar-refractivity contribution in [2.45, 2.75) is 19.3 Å². The number of likely N-dealkylation sites (tertiary alicyclic amines) is 1. The van der Waals surface area contributed by atoms with Gasteiger partial charge < -0.3 is 9.64 Å². The highest BCUT2D eigenvalue weighted by Crippen LogP contribution is 2.22. The maximum atomic E-state index is 12.4. The number of urea groups is 1. The topological polar surface area (TPSA) is 80.2 Å². The summed E-state index contributed by atoms with van der Waals surface area (Å²) in [6.45, 7) is 1.97. The number of piperidine rings is 1. The lowest BCUT2D eigenvalue weighted by molar-refractivity contribution is 0.207. The highest BCUT2D eigenvalue weighted by Gasteiger charge is 2.19. The molecule has 7 nitrogen and oxygen atoms in total. The molecular weight excluding hydrogens is 390 g/mol. The number of aromatic nitrogens is 3. The van der Waals surface area contributed by atoms with Crippen molar-refractivity contribution < 1.29 is 9.53 Å². The van der Waals surface area contributed by atoms with E-state index < -0.39 is 0 Å². The van der Waals surface area contributed by atoms with Crippen LogP contribution in [0.5, 0.6) is 5.75 Å². The molecule has 4 rings (SSSR count). The summed E-state index contributed by atoms with van der Waals surface area (Å²) in [5.41, 5.74) is 3.61. The van der Waals surface area contributed by atoms with Gasteiger partial charge in [0.25, 0.3) is 0 Å². The van der Waals surface area contributed by atoms with Crippen LogP contribution >= 0.6 is 0 Å². The van der Waals surface area contributed by atoms with E-state index in [9.17, 15) is 4.79 Å². The zero-order valence-corrected chi connectivity index (χ0v) is 17.3. The Morgan fingerprint density at radius 3 is 2.74 bits per heavy atom. The first-order valence-corrected chi connectivity index (χ1v) is 10.4. The van der Waals surface area contributed by atoms with E-state index in [1.807, 2.05) is 29.3 Å². The molecule has 1 N–H and O–H groups in total. The molecule has 0 saturated carbocycles. The Kier molecular flexibility index (Phi) is 6.85. The van der Waals surface area contributed by atoms with E-state index in [4.69, 9.17) is 4.74 Å². The van der Waals surface area contributed by atoms with Crippen LogP contribution < -0.4 is 10.1 Å². The highest BCUT2D eigenvalue weighted by molar-refractivity contribution is 5.88. The van der Waals surface area contributed by atoms with E-state index in [1.54, 1.807) is 24.5 Å². The van der Waals surface area contributed by atoms with Crippen LogP contribution in [0.15, 0.2) is 72.7 Å². The summed E-state index contributed by atoms with van der Waals surface area (Å²) < 4.78 is 5.92. The van der Waals surface area contributed by atoms with Crippen LogP contribution in [-0.2, 0) is 6.42 Å². The summed E-state index contributed by atoms with van der Waals surface area (Å²) in [5.74, 6) is 1.33. The van der Waals surface area contributed by atoms with Crippen molar-refractivity contribution >= 4 is 17.9 Å². The van der Waals surface area contributed by atoms with E-state index in [-0.39, 0.29) is 6.03 Å². The molecule has 3 aromatic rings. The minimum absolute atomic E-state index is 0.136. The van der Waals surface area contributed by atoms with Gasteiger partial charge in [0.1, 0.15) is 5.75 Å². The van der Waals surface area contributed by atoms with Crippen molar-refractivity contribution in [1.82, 2.24) is 20.1 Å². The van der Waals surface area contributed by atoms with Gasteiger partial charge in [-0.3, -0.25) is 10.3 Å². The van der Waals surface area contributed by atoms with Gasteiger partial charge in [-0.25, -0.2) is 4.79 Å². The Hall–Kier alpha value is -3.74. The largest absolute Gasteiger partial charge is 0.493 e. The van der Waals surface area contributed by atoms with E-state index >= 15 is 0 Å². The molecule has 0 aliphatic carbocycles. The fourth-order valence-corrected chi connectivity index (χ4v) is 3.46. The van der Waals surface area contributed by atoms with E-state index in [0.717, 1.165) is 36.1 Å². The van der Waals surface area contributed by atoms with Gasteiger partial charge in [0.2, 0.25) is 0 Å². The number of hydrogen-bond donors (Lipinski definition) is 1. The molecule has 1 aliphatic heterocycles. The summed E-state index contributed by atoms with van der Waals surface area (Å²) >= 11 is 0. The third kappa shape index (κ3) is 6.12. The molecule has 1 aliphatic rings. The third-order valence-electron chi connectivity index (χ3n) is 5.11. The SMILES string of the molecule is O=C(Nc1cccnn1)N1CCC(=Cc2cccc(OCCc3cccnc3)c2)CC1. The molecule has 2 aromatic heterocycles. The summed E-state index contributed by atoms with van der Waals surface area (Å²) in [6, 6.07) is 15.5. The molecule has 0 unspecified atom stereocenters. The molecule has 0 radical (unpaired) electrons. The molecule has 0 spiro atoms. The van der Waals surface area contributed by atoms with Gasteiger partial charge in [-0.1, -0.05) is 29.8 Å². The lowest BCUT2D eigenvalue weighted by Crippen LogP contribution is -2.39. The van der Waals surface area contributed by atoms with Gasteiger partial charge in [-0.2, -0.15) is 5.10 Å². The Morgan fingerprint density at radius 1 is 1.10 bits per heavy atom. The molecule has 7 heteroatoms. The predicted molar refractivity (Wildman–Crippen MR) is 120 cm³/mol. The van der Waals surface area contributed by atoms with Crippen LogP contribution in [-0.4, -0.2) is 45.8 Å². The van der Waals surface area contributed by atoms with Crippen LogP contribution in [0.2, 0.25) is 0 Å². The number of anilines is 1. The first-order valence-electron chi connectivity index (χ1n) is 10.4. The number of carbonyl (C=O) groups is 1. The van der Waals surface area contributed by atoms with Crippen molar-refractivity contribution in [3.05, 3.63) is 83.8 Å². The van der Waals surface area contributed by atoms with Crippen LogP contribution in [0.1, 0.15) is 24.0 Å². The third-order valence-corrected chi connectivity index (χ3v) is 5.11. The monoisotopic (exact) mass is 415 g/mol. The van der Waals surface area contributed by atoms with Crippen molar-refractivity contribution in [2.24, 2.45) is 0 Å². The number of rotatable bonds is 6. The van der Waals surface area contributed by atoms with Gasteiger partial charge in [-0.15, -0.1) is 5.10 Å². The first kappa shape index (κ1) is 20.5. The summed E-state index contributed by atoms with van der Waals surface area (Å²) in [5, 5.41) is 10.5. The number of benzene rings is 1. The standard InChI is InChI=1S/C24H25N5O2/c30-24(27-23-7-3-12-26-28-23)29-13-8-19(9-14-29)16-21-4-1-6-22(17-21)31-15-10-20-5-2-11-25-18-20/h1-7,11-12,16-18H,8-10,13-15H2,(H,27,28,30). The molecule has 0 bridgehead atoms. The maximum Gasteiger partial charge on any atom is 0.323 e. The minimum Gasteiger partial charge on any atom is -0.493 e. The van der Waals surface area contributed by atoms with Crippen molar-refractivity contribution in [3.8, 4) is 5.75 Å². The van der Waals surface area contributed by atoms with Gasteiger partial charge in [0.05, 0.1) is 6.61 Å². The average Bonchev–Trinajstić information content (AvgIpc) is 2.81. The van der Waals surface area contributed by atoms with Crippen LogP contribution in [0.25, 0.3) is 6.08 Å². The molecular formula is C24H25N5O2. The highest BCUT2D eigenvalue weighted by atomic mass is 16.5.